The summed E-state index contributed by atoms with van der Waals surface area (Å²) in [5, 5.41) is 0. The number of halogens is 3. The van der Waals surface area contributed by atoms with Crippen molar-refractivity contribution in [1.29, 1.82) is 0 Å². The van der Waals surface area contributed by atoms with Crippen molar-refractivity contribution in [2.45, 2.75) is 26.1 Å². The quantitative estimate of drug-likeness (QED) is 0.500. The first-order valence-corrected chi connectivity index (χ1v) is 9.53. The average molecular weight is 431 g/mol. The van der Waals surface area contributed by atoms with Crippen LogP contribution in [0.3, 0.4) is 0 Å². The molecule has 3 heterocycles. The van der Waals surface area contributed by atoms with Crippen molar-refractivity contribution in [3.05, 3.63) is 66.4 Å². The van der Waals surface area contributed by atoms with Crippen LogP contribution in [-0.2, 0) is 22.3 Å². The van der Waals surface area contributed by atoms with E-state index < -0.39 is 17.8 Å². The molecular formula is C21H20F3N5O2. The number of esters is 1. The number of alkyl halides is 3. The third kappa shape index (κ3) is 6.21. The van der Waals surface area contributed by atoms with Gasteiger partial charge in [-0.3, -0.25) is 14.8 Å². The first kappa shape index (κ1) is 22.1. The second kappa shape index (κ2) is 9.96. The first-order valence-electron chi connectivity index (χ1n) is 9.53. The molecule has 0 aliphatic rings. The maximum Gasteiger partial charge on any atom is 0.433 e. The van der Waals surface area contributed by atoms with Crippen molar-refractivity contribution in [2.75, 3.05) is 18.1 Å². The summed E-state index contributed by atoms with van der Waals surface area (Å²) in [6, 6.07) is 7.46. The molecule has 0 aliphatic heterocycles. The van der Waals surface area contributed by atoms with Crippen molar-refractivity contribution in [1.82, 2.24) is 19.9 Å². The molecule has 0 aliphatic carbocycles. The van der Waals surface area contributed by atoms with E-state index in [-0.39, 0.29) is 37.8 Å². The number of nitrogens with zero attached hydrogens (tertiary/aromatic N) is 5. The lowest BCUT2D eigenvalue weighted by atomic mass is 10.2. The topological polar surface area (TPSA) is 81.1 Å². The Labute approximate surface area is 177 Å². The monoisotopic (exact) mass is 431 g/mol. The van der Waals surface area contributed by atoms with E-state index in [4.69, 9.17) is 4.74 Å². The minimum atomic E-state index is -4.67. The van der Waals surface area contributed by atoms with Crippen LogP contribution in [0.1, 0.15) is 24.6 Å². The van der Waals surface area contributed by atoms with Gasteiger partial charge >= 0.3 is 12.1 Å². The lowest BCUT2D eigenvalue weighted by Crippen LogP contribution is -2.28. The van der Waals surface area contributed by atoms with Gasteiger partial charge in [0.2, 0.25) is 0 Å². The molecule has 0 aromatic carbocycles. The van der Waals surface area contributed by atoms with Crippen LogP contribution in [0, 0.1) is 0 Å². The maximum absolute atomic E-state index is 13.6. The predicted molar refractivity (Wildman–Crippen MR) is 107 cm³/mol. The maximum atomic E-state index is 13.6. The fraction of sp³-hybridized carbons (Fsp3) is 0.286. The lowest BCUT2D eigenvalue weighted by molar-refractivity contribution is -0.143. The molecule has 0 saturated carbocycles. The highest BCUT2D eigenvalue weighted by Crippen LogP contribution is 2.32. The summed E-state index contributed by atoms with van der Waals surface area (Å²) in [5.41, 5.74) is 0.0784. The lowest BCUT2D eigenvalue weighted by Gasteiger charge is -2.24. The van der Waals surface area contributed by atoms with E-state index in [2.05, 4.69) is 19.9 Å². The van der Waals surface area contributed by atoms with Crippen LogP contribution < -0.4 is 4.90 Å². The van der Waals surface area contributed by atoms with Gasteiger partial charge in [0.05, 0.1) is 13.0 Å². The van der Waals surface area contributed by atoms with Gasteiger partial charge in [-0.15, -0.1) is 0 Å². The number of pyridine rings is 2. The second-order valence-corrected chi connectivity index (χ2v) is 6.51. The van der Waals surface area contributed by atoms with Gasteiger partial charge in [0.25, 0.3) is 0 Å². The molecule has 0 bridgehead atoms. The van der Waals surface area contributed by atoms with Crippen LogP contribution in [0.15, 0.2) is 55.1 Å². The molecule has 0 saturated heterocycles. The molecule has 3 aromatic heterocycles. The highest BCUT2D eigenvalue weighted by atomic mass is 19.4. The van der Waals surface area contributed by atoms with Gasteiger partial charge in [-0.05, 0) is 30.7 Å². The number of carbonyl (C=O) groups excluding carboxylic acids is 1. The van der Waals surface area contributed by atoms with E-state index >= 15 is 0 Å². The summed E-state index contributed by atoms with van der Waals surface area (Å²) in [5.74, 6) is -0.486. The average Bonchev–Trinajstić information content (AvgIpc) is 2.77. The first-order chi connectivity index (χ1) is 14.9. The molecule has 0 fully saturated rings. The van der Waals surface area contributed by atoms with Crippen molar-refractivity contribution in [3.63, 3.8) is 0 Å². The summed E-state index contributed by atoms with van der Waals surface area (Å²) in [7, 11) is 0. The van der Waals surface area contributed by atoms with Crippen LogP contribution in [0.25, 0.3) is 11.4 Å². The smallest absolute Gasteiger partial charge is 0.433 e. The van der Waals surface area contributed by atoms with Gasteiger partial charge in [-0.1, -0.05) is 6.07 Å². The summed E-state index contributed by atoms with van der Waals surface area (Å²) >= 11 is 0. The normalized spacial score (nSPS) is 11.2. The molecule has 0 radical (unpaired) electrons. The Balaban J connectivity index is 2.01. The number of hydrogen-bond acceptors (Lipinski definition) is 7. The molecule has 0 N–H and O–H groups in total. The van der Waals surface area contributed by atoms with E-state index in [1.807, 2.05) is 0 Å². The van der Waals surface area contributed by atoms with Gasteiger partial charge in [0, 0.05) is 49.5 Å². The minimum Gasteiger partial charge on any atom is -0.466 e. The van der Waals surface area contributed by atoms with Gasteiger partial charge < -0.3 is 9.64 Å². The standard InChI is InChI=1S/C21H20F3N5O2/c1-2-31-19(30)7-11-29(14-15-4-3-8-26-13-15)18-12-17(21(22,23)24)27-20(28-18)16-5-9-25-10-6-16/h3-6,8-10,12-13H,2,7,11,14H2,1H3. The Morgan fingerprint density at radius 2 is 1.87 bits per heavy atom. The van der Waals surface area contributed by atoms with Crippen LogP contribution in [-0.4, -0.2) is 39.1 Å². The molecule has 162 valence electrons. The largest absolute Gasteiger partial charge is 0.466 e. The van der Waals surface area contributed by atoms with E-state index in [0.29, 0.717) is 5.56 Å². The zero-order valence-corrected chi connectivity index (χ0v) is 16.7. The van der Waals surface area contributed by atoms with Gasteiger partial charge in [-0.2, -0.15) is 13.2 Å². The van der Waals surface area contributed by atoms with Crippen molar-refractivity contribution in [2.24, 2.45) is 0 Å². The second-order valence-electron chi connectivity index (χ2n) is 6.51. The van der Waals surface area contributed by atoms with Crippen LogP contribution in [0.5, 0.6) is 0 Å². The number of anilines is 1. The Bertz CT molecular complexity index is 1000. The molecule has 0 spiro atoms. The Hall–Kier alpha value is -3.56. The summed E-state index contributed by atoms with van der Waals surface area (Å²) in [4.78, 5) is 29.4. The van der Waals surface area contributed by atoms with E-state index in [1.165, 1.54) is 24.5 Å². The van der Waals surface area contributed by atoms with Crippen LogP contribution in [0.4, 0.5) is 19.0 Å². The SMILES string of the molecule is CCOC(=O)CCN(Cc1cccnc1)c1cc(C(F)(F)F)nc(-c2ccncc2)n1. The van der Waals surface area contributed by atoms with Gasteiger partial charge in [-0.25, -0.2) is 9.97 Å². The highest BCUT2D eigenvalue weighted by Gasteiger charge is 2.34. The van der Waals surface area contributed by atoms with E-state index in [0.717, 1.165) is 11.6 Å². The number of ether oxygens (including phenoxy) is 1. The van der Waals surface area contributed by atoms with Crippen molar-refractivity contribution >= 4 is 11.8 Å². The molecule has 0 unspecified atom stereocenters. The van der Waals surface area contributed by atoms with Gasteiger partial charge in [0.15, 0.2) is 11.5 Å². The Kier molecular flexibility index (Phi) is 7.11. The third-order valence-corrected chi connectivity index (χ3v) is 4.25. The predicted octanol–water partition coefficient (Wildman–Crippen LogP) is 3.91. The van der Waals surface area contributed by atoms with Crippen LogP contribution >= 0.6 is 0 Å². The zero-order valence-electron chi connectivity index (χ0n) is 16.7. The molecule has 3 aromatic rings. The molecule has 3 rings (SSSR count). The van der Waals surface area contributed by atoms with E-state index in [1.54, 1.807) is 36.4 Å². The fourth-order valence-electron chi connectivity index (χ4n) is 2.82. The molecule has 10 heteroatoms. The summed E-state index contributed by atoms with van der Waals surface area (Å²) in [6.45, 7) is 2.22. The number of hydrogen-bond donors (Lipinski definition) is 0. The molecule has 31 heavy (non-hydrogen) atoms. The molecule has 7 nitrogen and oxygen atoms in total. The van der Waals surface area contributed by atoms with Gasteiger partial charge in [0.1, 0.15) is 5.82 Å². The Morgan fingerprint density at radius 3 is 2.52 bits per heavy atom. The molecule has 0 amide bonds. The number of aromatic nitrogens is 4. The highest BCUT2D eigenvalue weighted by molar-refractivity contribution is 5.70. The summed E-state index contributed by atoms with van der Waals surface area (Å²) in [6.07, 6.45) is 1.43. The minimum absolute atomic E-state index is 0.00987. The van der Waals surface area contributed by atoms with Crippen molar-refractivity contribution < 1.29 is 22.7 Å². The number of carbonyl (C=O) groups is 1. The third-order valence-electron chi connectivity index (χ3n) is 4.25. The van der Waals surface area contributed by atoms with E-state index in [9.17, 15) is 18.0 Å². The fourth-order valence-corrected chi connectivity index (χ4v) is 2.82. The summed E-state index contributed by atoms with van der Waals surface area (Å²) < 4.78 is 45.6. The van der Waals surface area contributed by atoms with Crippen LogP contribution in [0.2, 0.25) is 0 Å². The molecular weight excluding hydrogens is 411 g/mol. The Morgan fingerprint density at radius 1 is 1.10 bits per heavy atom. The molecule has 0 atom stereocenters. The van der Waals surface area contributed by atoms with Crippen molar-refractivity contribution in [3.8, 4) is 11.4 Å². The zero-order chi connectivity index (χ0) is 22.3. The number of rotatable bonds is 8.